The molecule has 0 radical (unpaired) electrons. The number of anilines is 1. The maximum absolute atomic E-state index is 5.88. The highest BCUT2D eigenvalue weighted by Gasteiger charge is 2.05. The lowest BCUT2D eigenvalue weighted by atomic mass is 10.2. The molecule has 2 rings (SSSR count). The summed E-state index contributed by atoms with van der Waals surface area (Å²) in [5.74, 6) is 1.70. The van der Waals surface area contributed by atoms with Crippen molar-refractivity contribution in [3.8, 4) is 11.4 Å². The van der Waals surface area contributed by atoms with E-state index in [1.807, 2.05) is 49.7 Å². The highest BCUT2D eigenvalue weighted by molar-refractivity contribution is 5.54. The fourth-order valence-corrected chi connectivity index (χ4v) is 1.74. The largest absolute Gasteiger partial charge is 0.491 e. The van der Waals surface area contributed by atoms with Crippen LogP contribution in [0, 0.1) is 6.92 Å². The summed E-state index contributed by atoms with van der Waals surface area (Å²) in [6.07, 6.45) is 3.80. The van der Waals surface area contributed by atoms with Crippen molar-refractivity contribution in [3.05, 3.63) is 36.4 Å². The van der Waals surface area contributed by atoms with Gasteiger partial charge in [-0.2, -0.15) is 0 Å². The summed E-state index contributed by atoms with van der Waals surface area (Å²) in [6.45, 7) is 5.93. The molecule has 0 atom stereocenters. The number of nitrogens with two attached hydrogens (primary N) is 1. The Hall–Kier alpha value is -1.97. The first-order chi connectivity index (χ1) is 8.06. The van der Waals surface area contributed by atoms with E-state index >= 15 is 0 Å². The van der Waals surface area contributed by atoms with Crippen molar-refractivity contribution >= 4 is 5.69 Å². The molecule has 1 aromatic heterocycles. The minimum absolute atomic E-state index is 0.133. The van der Waals surface area contributed by atoms with Crippen molar-refractivity contribution in [1.82, 2.24) is 9.55 Å². The van der Waals surface area contributed by atoms with Crippen molar-refractivity contribution in [1.29, 1.82) is 0 Å². The van der Waals surface area contributed by atoms with Crippen LogP contribution in [0.4, 0.5) is 5.69 Å². The van der Waals surface area contributed by atoms with Gasteiger partial charge >= 0.3 is 0 Å². The Morgan fingerprint density at radius 2 is 2.06 bits per heavy atom. The maximum Gasteiger partial charge on any atom is 0.123 e. The lowest BCUT2D eigenvalue weighted by Crippen LogP contribution is -2.07. The Labute approximate surface area is 101 Å². The molecule has 0 aliphatic carbocycles. The molecule has 4 nitrogen and oxygen atoms in total. The van der Waals surface area contributed by atoms with Gasteiger partial charge in [0.25, 0.3) is 0 Å². The molecule has 0 amide bonds. The van der Waals surface area contributed by atoms with Crippen LogP contribution in [0.15, 0.2) is 30.6 Å². The molecule has 0 aliphatic heterocycles. The van der Waals surface area contributed by atoms with Gasteiger partial charge in [0.1, 0.15) is 11.6 Å². The van der Waals surface area contributed by atoms with Crippen molar-refractivity contribution in [2.45, 2.75) is 26.9 Å². The van der Waals surface area contributed by atoms with E-state index in [4.69, 9.17) is 10.5 Å². The SMILES string of the molecule is Cc1nccn1-c1cc(N)cc(OC(C)C)c1. The first-order valence-corrected chi connectivity index (χ1v) is 5.64. The van der Waals surface area contributed by atoms with Crippen LogP contribution in [-0.4, -0.2) is 15.7 Å². The summed E-state index contributed by atoms with van der Waals surface area (Å²) in [6, 6.07) is 5.70. The number of aryl methyl sites for hydroxylation is 1. The van der Waals surface area contributed by atoms with Gasteiger partial charge in [0, 0.05) is 30.2 Å². The molecule has 17 heavy (non-hydrogen) atoms. The number of ether oxygens (including phenoxy) is 1. The van der Waals surface area contributed by atoms with E-state index in [0.717, 1.165) is 17.3 Å². The van der Waals surface area contributed by atoms with E-state index in [1.54, 1.807) is 6.20 Å². The second kappa shape index (κ2) is 4.49. The average molecular weight is 231 g/mol. The van der Waals surface area contributed by atoms with Crippen LogP contribution < -0.4 is 10.5 Å². The zero-order valence-corrected chi connectivity index (χ0v) is 10.3. The predicted molar refractivity (Wildman–Crippen MR) is 68.5 cm³/mol. The molecule has 0 spiro atoms. The van der Waals surface area contributed by atoms with Crippen molar-refractivity contribution in [3.63, 3.8) is 0 Å². The van der Waals surface area contributed by atoms with Gasteiger partial charge in [0.05, 0.1) is 11.8 Å². The minimum atomic E-state index is 0.133. The van der Waals surface area contributed by atoms with E-state index < -0.39 is 0 Å². The van der Waals surface area contributed by atoms with Crippen LogP contribution in [0.25, 0.3) is 5.69 Å². The summed E-state index contributed by atoms with van der Waals surface area (Å²) in [5.41, 5.74) is 7.53. The van der Waals surface area contributed by atoms with E-state index in [1.165, 1.54) is 0 Å². The van der Waals surface area contributed by atoms with Crippen LogP contribution in [-0.2, 0) is 0 Å². The molecule has 0 bridgehead atoms. The van der Waals surface area contributed by atoms with Crippen LogP contribution in [0.3, 0.4) is 0 Å². The van der Waals surface area contributed by atoms with Gasteiger partial charge in [-0.25, -0.2) is 4.98 Å². The number of hydrogen-bond acceptors (Lipinski definition) is 3. The Kier molecular flexibility index (Phi) is 3.04. The Morgan fingerprint density at radius 1 is 1.29 bits per heavy atom. The predicted octanol–water partition coefficient (Wildman–Crippen LogP) is 2.55. The van der Waals surface area contributed by atoms with E-state index in [0.29, 0.717) is 5.69 Å². The normalized spacial score (nSPS) is 10.8. The third-order valence-electron chi connectivity index (χ3n) is 2.39. The van der Waals surface area contributed by atoms with Gasteiger partial charge in [-0.05, 0) is 26.8 Å². The fourth-order valence-electron chi connectivity index (χ4n) is 1.74. The second-order valence-corrected chi connectivity index (χ2v) is 4.27. The quantitative estimate of drug-likeness (QED) is 0.826. The molecule has 1 aromatic carbocycles. The van der Waals surface area contributed by atoms with Crippen LogP contribution >= 0.6 is 0 Å². The van der Waals surface area contributed by atoms with Crippen molar-refractivity contribution in [2.24, 2.45) is 0 Å². The molecule has 0 aliphatic rings. The summed E-state index contributed by atoms with van der Waals surface area (Å²) in [4.78, 5) is 4.19. The smallest absolute Gasteiger partial charge is 0.123 e. The average Bonchev–Trinajstić information content (AvgIpc) is 2.62. The highest BCUT2D eigenvalue weighted by atomic mass is 16.5. The molecule has 4 heteroatoms. The first kappa shape index (κ1) is 11.5. The maximum atomic E-state index is 5.88. The van der Waals surface area contributed by atoms with E-state index in [9.17, 15) is 0 Å². The number of nitrogens with zero attached hydrogens (tertiary/aromatic N) is 2. The molecule has 0 saturated heterocycles. The fraction of sp³-hybridized carbons (Fsp3) is 0.308. The first-order valence-electron chi connectivity index (χ1n) is 5.64. The standard InChI is InChI=1S/C13H17N3O/c1-9(2)17-13-7-11(14)6-12(8-13)16-5-4-15-10(16)3/h4-9H,14H2,1-3H3. The molecule has 0 saturated carbocycles. The Bertz CT molecular complexity index is 517. The number of nitrogen functional groups attached to an aromatic ring is 1. The lowest BCUT2D eigenvalue weighted by molar-refractivity contribution is 0.242. The Balaban J connectivity index is 2.42. The molecular formula is C13H17N3O. The molecule has 90 valence electrons. The Morgan fingerprint density at radius 3 is 2.65 bits per heavy atom. The topological polar surface area (TPSA) is 53.1 Å². The zero-order valence-electron chi connectivity index (χ0n) is 10.3. The molecule has 0 unspecified atom stereocenters. The molecular weight excluding hydrogens is 214 g/mol. The minimum Gasteiger partial charge on any atom is -0.491 e. The zero-order chi connectivity index (χ0) is 12.4. The molecule has 0 fully saturated rings. The highest BCUT2D eigenvalue weighted by Crippen LogP contribution is 2.23. The number of hydrogen-bond donors (Lipinski definition) is 1. The van der Waals surface area contributed by atoms with E-state index in [2.05, 4.69) is 4.98 Å². The lowest BCUT2D eigenvalue weighted by Gasteiger charge is -2.13. The van der Waals surface area contributed by atoms with Gasteiger partial charge < -0.3 is 15.0 Å². The van der Waals surface area contributed by atoms with Gasteiger partial charge in [-0.3, -0.25) is 0 Å². The molecule has 2 aromatic rings. The number of aromatic nitrogens is 2. The summed E-state index contributed by atoms with van der Waals surface area (Å²) >= 11 is 0. The van der Waals surface area contributed by atoms with Crippen LogP contribution in [0.1, 0.15) is 19.7 Å². The second-order valence-electron chi connectivity index (χ2n) is 4.27. The van der Waals surface area contributed by atoms with Gasteiger partial charge in [-0.1, -0.05) is 0 Å². The number of imidazole rings is 1. The summed E-state index contributed by atoms with van der Waals surface area (Å²) in [7, 11) is 0. The summed E-state index contributed by atoms with van der Waals surface area (Å²) in [5, 5.41) is 0. The van der Waals surface area contributed by atoms with Crippen LogP contribution in [0.2, 0.25) is 0 Å². The monoisotopic (exact) mass is 231 g/mol. The van der Waals surface area contributed by atoms with Crippen molar-refractivity contribution in [2.75, 3.05) is 5.73 Å². The number of benzene rings is 1. The number of rotatable bonds is 3. The third-order valence-corrected chi connectivity index (χ3v) is 2.39. The van der Waals surface area contributed by atoms with Gasteiger partial charge in [-0.15, -0.1) is 0 Å². The molecule has 1 heterocycles. The van der Waals surface area contributed by atoms with Crippen LogP contribution in [0.5, 0.6) is 5.75 Å². The van der Waals surface area contributed by atoms with Gasteiger partial charge in [0.15, 0.2) is 0 Å². The summed E-state index contributed by atoms with van der Waals surface area (Å²) < 4.78 is 7.64. The molecule has 2 N–H and O–H groups in total. The van der Waals surface area contributed by atoms with Gasteiger partial charge in [0.2, 0.25) is 0 Å². The van der Waals surface area contributed by atoms with Crippen molar-refractivity contribution < 1.29 is 4.74 Å². The third kappa shape index (κ3) is 2.58. The van der Waals surface area contributed by atoms with E-state index in [-0.39, 0.29) is 6.10 Å².